The topological polar surface area (TPSA) is 110 Å². The van der Waals surface area contributed by atoms with Crippen LogP contribution in [0.2, 0.25) is 0 Å². The van der Waals surface area contributed by atoms with Crippen molar-refractivity contribution in [3.8, 4) is 11.6 Å². The molecular weight excluding hydrogens is 368 g/mol. The molecule has 0 aliphatic carbocycles. The third kappa shape index (κ3) is 4.73. The molecule has 8 heteroatoms. The van der Waals surface area contributed by atoms with Gasteiger partial charge in [-0.15, -0.1) is 0 Å². The zero-order valence-electron chi connectivity index (χ0n) is 15.7. The maximum Gasteiger partial charge on any atom is 0.239 e. The Bertz CT molecular complexity index is 992. The highest BCUT2D eigenvalue weighted by Crippen LogP contribution is 2.23. The van der Waals surface area contributed by atoms with Crippen molar-refractivity contribution in [1.29, 1.82) is 0 Å². The van der Waals surface area contributed by atoms with Crippen LogP contribution in [0.3, 0.4) is 0 Å². The average Bonchev–Trinajstić information content (AvgIpc) is 3.46. The molecule has 0 fully saturated rings. The van der Waals surface area contributed by atoms with Gasteiger partial charge < -0.3 is 9.84 Å². The van der Waals surface area contributed by atoms with Crippen LogP contribution in [0.5, 0.6) is 0 Å². The van der Waals surface area contributed by atoms with Crippen molar-refractivity contribution in [3.63, 3.8) is 0 Å². The second-order valence-corrected chi connectivity index (χ2v) is 6.52. The molecule has 2 aromatic carbocycles. The monoisotopic (exact) mass is 388 g/mol. The zero-order chi connectivity index (χ0) is 19.9. The van der Waals surface area contributed by atoms with Crippen molar-refractivity contribution in [2.24, 2.45) is 0 Å². The second kappa shape index (κ2) is 8.92. The van der Waals surface area contributed by atoms with Crippen molar-refractivity contribution in [3.05, 3.63) is 84.0 Å². The van der Waals surface area contributed by atoms with Crippen molar-refractivity contribution >= 4 is 5.91 Å². The van der Waals surface area contributed by atoms with E-state index in [0.717, 1.165) is 11.1 Å². The molecule has 0 aliphatic heterocycles. The van der Waals surface area contributed by atoms with E-state index < -0.39 is 0 Å². The molecule has 2 N–H and O–H groups in total. The molecule has 0 spiro atoms. The van der Waals surface area contributed by atoms with E-state index in [9.17, 15) is 4.79 Å². The first-order valence-corrected chi connectivity index (χ1v) is 9.34. The molecule has 0 aliphatic rings. The number of aromatic amines is 1. The SMILES string of the molecule is O=C(CCc1nc(-c2ncn[nH]2)no1)NCC(c1ccccc1)c1ccccc1. The number of rotatable bonds is 8. The molecular formula is C21H20N6O2. The van der Waals surface area contributed by atoms with Crippen LogP contribution in [-0.4, -0.2) is 37.8 Å². The molecule has 2 heterocycles. The quantitative estimate of drug-likeness (QED) is 0.480. The highest BCUT2D eigenvalue weighted by molar-refractivity contribution is 5.76. The number of aromatic nitrogens is 5. The molecule has 0 bridgehead atoms. The summed E-state index contributed by atoms with van der Waals surface area (Å²) in [5, 5.41) is 13.3. The van der Waals surface area contributed by atoms with Crippen LogP contribution in [0.15, 0.2) is 71.5 Å². The lowest BCUT2D eigenvalue weighted by Gasteiger charge is -2.18. The number of nitrogens with zero attached hydrogens (tertiary/aromatic N) is 4. The summed E-state index contributed by atoms with van der Waals surface area (Å²) in [6, 6.07) is 20.3. The first kappa shape index (κ1) is 18.5. The van der Waals surface area contributed by atoms with E-state index in [-0.39, 0.29) is 18.2 Å². The highest BCUT2D eigenvalue weighted by Gasteiger charge is 2.16. The predicted octanol–water partition coefficient (Wildman–Crippen LogP) is 2.74. The molecule has 0 saturated carbocycles. The first-order chi connectivity index (χ1) is 14.3. The van der Waals surface area contributed by atoms with Gasteiger partial charge in [0, 0.05) is 25.3 Å². The highest BCUT2D eigenvalue weighted by atomic mass is 16.5. The smallest absolute Gasteiger partial charge is 0.239 e. The van der Waals surface area contributed by atoms with Crippen LogP contribution in [-0.2, 0) is 11.2 Å². The first-order valence-electron chi connectivity index (χ1n) is 9.34. The zero-order valence-corrected chi connectivity index (χ0v) is 15.7. The molecule has 4 aromatic rings. The van der Waals surface area contributed by atoms with Gasteiger partial charge in [0.15, 0.2) is 5.82 Å². The number of carbonyl (C=O) groups excluding carboxylic acids is 1. The minimum absolute atomic E-state index is 0.0683. The van der Waals surface area contributed by atoms with Gasteiger partial charge >= 0.3 is 0 Å². The lowest BCUT2D eigenvalue weighted by molar-refractivity contribution is -0.121. The standard InChI is InChI=1S/C21H20N6O2/c28-18(11-12-19-25-21(27-29-19)20-23-14-24-26-20)22-13-17(15-7-3-1-4-8-15)16-9-5-2-6-10-16/h1-10,14,17H,11-13H2,(H,22,28)(H,23,24,26). The maximum absolute atomic E-state index is 12.4. The van der Waals surface area contributed by atoms with Gasteiger partial charge in [-0.05, 0) is 11.1 Å². The van der Waals surface area contributed by atoms with Gasteiger partial charge in [-0.1, -0.05) is 65.8 Å². The minimum Gasteiger partial charge on any atom is -0.355 e. The van der Waals surface area contributed by atoms with Crippen LogP contribution in [0.25, 0.3) is 11.6 Å². The van der Waals surface area contributed by atoms with E-state index in [4.69, 9.17) is 4.52 Å². The van der Waals surface area contributed by atoms with Gasteiger partial charge in [0.05, 0.1) is 0 Å². The Morgan fingerprint density at radius 1 is 1.03 bits per heavy atom. The second-order valence-electron chi connectivity index (χ2n) is 6.52. The largest absolute Gasteiger partial charge is 0.355 e. The summed E-state index contributed by atoms with van der Waals surface area (Å²) < 4.78 is 5.17. The molecule has 4 rings (SSSR count). The summed E-state index contributed by atoms with van der Waals surface area (Å²) in [5.41, 5.74) is 2.32. The Morgan fingerprint density at radius 3 is 2.34 bits per heavy atom. The Hall–Kier alpha value is -3.81. The summed E-state index contributed by atoms with van der Waals surface area (Å²) in [4.78, 5) is 20.6. The van der Waals surface area contributed by atoms with Crippen LogP contribution >= 0.6 is 0 Å². The number of benzene rings is 2. The third-order valence-corrected chi connectivity index (χ3v) is 4.57. The summed E-state index contributed by atoms with van der Waals surface area (Å²) in [7, 11) is 0. The van der Waals surface area contributed by atoms with Crippen LogP contribution in [0, 0.1) is 0 Å². The van der Waals surface area contributed by atoms with Gasteiger partial charge in [-0.3, -0.25) is 9.89 Å². The third-order valence-electron chi connectivity index (χ3n) is 4.57. The fourth-order valence-electron chi connectivity index (χ4n) is 3.09. The Labute approximate surface area is 167 Å². The van der Waals surface area contributed by atoms with Gasteiger partial charge in [-0.2, -0.15) is 10.1 Å². The predicted molar refractivity (Wildman–Crippen MR) is 106 cm³/mol. The number of hydrogen-bond donors (Lipinski definition) is 2. The minimum atomic E-state index is -0.0683. The number of hydrogen-bond acceptors (Lipinski definition) is 6. The van der Waals surface area contributed by atoms with Crippen LogP contribution in [0.1, 0.15) is 29.4 Å². The molecule has 2 aromatic heterocycles. The number of amides is 1. The maximum atomic E-state index is 12.4. The molecule has 0 atom stereocenters. The summed E-state index contributed by atoms with van der Waals surface area (Å²) in [6.07, 6.45) is 1.98. The van der Waals surface area contributed by atoms with E-state index in [2.05, 4.69) is 54.9 Å². The molecule has 0 saturated heterocycles. The lowest BCUT2D eigenvalue weighted by Crippen LogP contribution is -2.29. The Morgan fingerprint density at radius 2 is 1.72 bits per heavy atom. The molecule has 1 amide bonds. The van der Waals surface area contributed by atoms with Gasteiger partial charge in [0.1, 0.15) is 6.33 Å². The van der Waals surface area contributed by atoms with Crippen molar-refractivity contribution < 1.29 is 9.32 Å². The van der Waals surface area contributed by atoms with Gasteiger partial charge in [0.25, 0.3) is 0 Å². The Balaban J connectivity index is 1.35. The van der Waals surface area contributed by atoms with Crippen molar-refractivity contribution in [2.75, 3.05) is 6.54 Å². The fraction of sp³-hybridized carbons (Fsp3) is 0.190. The van der Waals surface area contributed by atoms with Crippen molar-refractivity contribution in [1.82, 2.24) is 30.6 Å². The average molecular weight is 388 g/mol. The number of H-pyrrole nitrogens is 1. The van der Waals surface area contributed by atoms with E-state index in [1.165, 1.54) is 6.33 Å². The summed E-state index contributed by atoms with van der Waals surface area (Å²) >= 11 is 0. The summed E-state index contributed by atoms with van der Waals surface area (Å²) in [5.74, 6) is 1.16. The number of nitrogens with one attached hydrogen (secondary N) is 2. The van der Waals surface area contributed by atoms with E-state index in [1.54, 1.807) is 0 Å². The summed E-state index contributed by atoms with van der Waals surface area (Å²) in [6.45, 7) is 0.514. The van der Waals surface area contributed by atoms with Gasteiger partial charge in [-0.25, -0.2) is 4.98 Å². The van der Waals surface area contributed by atoms with Gasteiger partial charge in [0.2, 0.25) is 17.6 Å². The lowest BCUT2D eigenvalue weighted by atomic mass is 9.91. The van der Waals surface area contributed by atoms with E-state index in [0.29, 0.717) is 30.5 Å². The molecule has 29 heavy (non-hydrogen) atoms. The normalized spacial score (nSPS) is 10.9. The van der Waals surface area contributed by atoms with Crippen LogP contribution < -0.4 is 5.32 Å². The molecule has 0 radical (unpaired) electrons. The number of carbonyl (C=O) groups is 1. The van der Waals surface area contributed by atoms with E-state index in [1.807, 2.05) is 36.4 Å². The van der Waals surface area contributed by atoms with Crippen LogP contribution in [0.4, 0.5) is 0 Å². The Kier molecular flexibility index (Phi) is 5.70. The van der Waals surface area contributed by atoms with E-state index >= 15 is 0 Å². The fourth-order valence-corrected chi connectivity index (χ4v) is 3.09. The molecule has 146 valence electrons. The molecule has 0 unspecified atom stereocenters. The molecule has 8 nitrogen and oxygen atoms in total. The van der Waals surface area contributed by atoms with Crippen molar-refractivity contribution in [2.45, 2.75) is 18.8 Å². The number of aryl methyl sites for hydroxylation is 1.